The first kappa shape index (κ1) is 24.5. The number of aromatic nitrogens is 3. The molecule has 13 heteroatoms. The van der Waals surface area contributed by atoms with Crippen LogP contribution in [0.2, 0.25) is 0 Å². The summed E-state index contributed by atoms with van der Waals surface area (Å²) in [5.74, 6) is -0.891. The molecule has 0 saturated heterocycles. The summed E-state index contributed by atoms with van der Waals surface area (Å²) in [6.07, 6.45) is -4.23. The van der Waals surface area contributed by atoms with Crippen molar-refractivity contribution in [1.29, 1.82) is 0 Å². The molecule has 1 atom stereocenters. The molecule has 180 valence electrons. The largest absolute Gasteiger partial charge is 0.514 e. The summed E-state index contributed by atoms with van der Waals surface area (Å²) in [7, 11) is 1.32. The van der Waals surface area contributed by atoms with Crippen LogP contribution in [0.1, 0.15) is 41.8 Å². The van der Waals surface area contributed by atoms with Crippen molar-refractivity contribution in [1.82, 2.24) is 20.4 Å². The van der Waals surface area contributed by atoms with Gasteiger partial charge in [0.25, 0.3) is 11.8 Å². The molecule has 0 aliphatic carbocycles. The Kier molecular flexibility index (Phi) is 7.34. The van der Waals surface area contributed by atoms with E-state index in [4.69, 9.17) is 18.7 Å². The van der Waals surface area contributed by atoms with Crippen molar-refractivity contribution in [2.24, 2.45) is 0 Å². The quantitative estimate of drug-likeness (QED) is 0.496. The monoisotopic (exact) mass is 480 g/mol. The van der Waals surface area contributed by atoms with Gasteiger partial charge in [0.05, 0.1) is 25.3 Å². The summed E-state index contributed by atoms with van der Waals surface area (Å²) in [4.78, 5) is 32.6. The number of hydrogen-bond donors (Lipinski definition) is 1. The van der Waals surface area contributed by atoms with Crippen LogP contribution in [-0.4, -0.2) is 40.9 Å². The Morgan fingerprint density at radius 1 is 1.18 bits per heavy atom. The summed E-state index contributed by atoms with van der Waals surface area (Å²) in [6, 6.07) is 4.77. The number of hydrogen-bond acceptors (Lipinski definition) is 9. The molecule has 10 nitrogen and oxygen atoms in total. The van der Waals surface area contributed by atoms with Crippen molar-refractivity contribution < 1.29 is 41.5 Å². The van der Waals surface area contributed by atoms with Crippen LogP contribution in [0.3, 0.4) is 0 Å². The highest BCUT2D eigenvalue weighted by molar-refractivity contribution is 5.96. The number of methoxy groups -OCH3 is 1. The number of ether oxygens (including phenoxy) is 3. The molecule has 0 unspecified atom stereocenters. The summed E-state index contributed by atoms with van der Waals surface area (Å²) in [5, 5.41) is 6.35. The van der Waals surface area contributed by atoms with E-state index in [1.165, 1.54) is 31.5 Å². The van der Waals surface area contributed by atoms with E-state index in [0.717, 1.165) is 12.1 Å². The second kappa shape index (κ2) is 10.2. The maximum atomic E-state index is 12.8. The van der Waals surface area contributed by atoms with Crippen molar-refractivity contribution >= 4 is 12.1 Å². The molecular weight excluding hydrogens is 461 g/mol. The van der Waals surface area contributed by atoms with Crippen molar-refractivity contribution in [3.63, 3.8) is 0 Å². The van der Waals surface area contributed by atoms with Crippen LogP contribution in [0.5, 0.6) is 11.5 Å². The number of nitrogens with zero attached hydrogens (tertiary/aromatic N) is 3. The fraction of sp³-hybridized carbons (Fsp3) is 0.286. The highest BCUT2D eigenvalue weighted by Crippen LogP contribution is 2.32. The van der Waals surface area contributed by atoms with Crippen molar-refractivity contribution in [2.75, 3.05) is 13.7 Å². The van der Waals surface area contributed by atoms with Gasteiger partial charge >= 0.3 is 12.3 Å². The van der Waals surface area contributed by atoms with Crippen LogP contribution < -0.4 is 14.8 Å². The van der Waals surface area contributed by atoms with Gasteiger partial charge in [-0.15, -0.1) is 0 Å². The van der Waals surface area contributed by atoms with Gasteiger partial charge < -0.3 is 24.1 Å². The van der Waals surface area contributed by atoms with Gasteiger partial charge in [-0.05, 0) is 38.1 Å². The Hall–Kier alpha value is -4.16. The molecule has 2 heterocycles. The number of carbonyl (C=O) groups excluding carboxylic acids is 2. The average Bonchev–Trinajstić information content (AvgIpc) is 3.29. The molecule has 0 saturated carbocycles. The normalized spacial score (nSPS) is 12.1. The molecule has 3 rings (SSSR count). The van der Waals surface area contributed by atoms with E-state index >= 15 is 0 Å². The molecule has 2 aromatic heterocycles. The molecule has 0 fully saturated rings. The Morgan fingerprint density at radius 2 is 1.88 bits per heavy atom. The van der Waals surface area contributed by atoms with Crippen LogP contribution in [0.25, 0.3) is 11.5 Å². The third-order valence-corrected chi connectivity index (χ3v) is 4.39. The van der Waals surface area contributed by atoms with Crippen molar-refractivity contribution in [3.05, 3.63) is 53.6 Å². The van der Waals surface area contributed by atoms with E-state index in [1.54, 1.807) is 13.8 Å². The lowest BCUT2D eigenvalue weighted by atomic mass is 10.1. The van der Waals surface area contributed by atoms with Gasteiger partial charge in [-0.3, -0.25) is 4.79 Å². The molecule has 1 amide bonds. The van der Waals surface area contributed by atoms with Crippen LogP contribution in [-0.2, 0) is 10.9 Å². The van der Waals surface area contributed by atoms with E-state index in [2.05, 4.69) is 20.4 Å². The number of halogens is 3. The Balaban J connectivity index is 1.77. The molecule has 0 aliphatic rings. The SMILES string of the molecule is CCOC(=O)Oc1c(OC)ccnc1C(=O)N[C@@H](C)c1noc(-c2ccc(C(F)(F)F)cc2)n1. The number of rotatable bonds is 7. The molecule has 0 spiro atoms. The fourth-order valence-electron chi connectivity index (χ4n) is 2.74. The molecule has 1 N–H and O–H groups in total. The van der Waals surface area contributed by atoms with E-state index in [9.17, 15) is 22.8 Å². The summed E-state index contributed by atoms with van der Waals surface area (Å²) in [6.45, 7) is 3.19. The number of amides is 1. The predicted molar refractivity (Wildman–Crippen MR) is 109 cm³/mol. The van der Waals surface area contributed by atoms with Gasteiger partial charge in [0.15, 0.2) is 17.3 Å². The second-order valence-electron chi connectivity index (χ2n) is 6.70. The van der Waals surface area contributed by atoms with Crippen LogP contribution in [0.15, 0.2) is 41.1 Å². The number of nitrogens with one attached hydrogen (secondary N) is 1. The lowest BCUT2D eigenvalue weighted by Crippen LogP contribution is -2.29. The van der Waals surface area contributed by atoms with E-state index in [-0.39, 0.29) is 41.1 Å². The van der Waals surface area contributed by atoms with Crippen LogP contribution in [0.4, 0.5) is 18.0 Å². The Labute approximate surface area is 191 Å². The molecule has 1 aromatic carbocycles. The minimum atomic E-state index is -4.47. The number of carbonyl (C=O) groups is 2. The number of alkyl halides is 3. The zero-order valence-electron chi connectivity index (χ0n) is 18.2. The Morgan fingerprint density at radius 3 is 2.50 bits per heavy atom. The standard InChI is InChI=1S/C21H19F3N4O6/c1-4-32-20(30)33-16-14(31-3)9-10-25-15(16)18(29)26-11(2)17-27-19(34-28-17)12-5-7-13(8-6-12)21(22,23)24/h5-11H,4H2,1-3H3,(H,26,29)/t11-/m0/s1. The lowest BCUT2D eigenvalue weighted by Gasteiger charge is -2.14. The molecule has 34 heavy (non-hydrogen) atoms. The zero-order chi connectivity index (χ0) is 24.9. The highest BCUT2D eigenvalue weighted by Gasteiger charge is 2.30. The van der Waals surface area contributed by atoms with Crippen molar-refractivity contribution in [2.45, 2.75) is 26.1 Å². The number of pyridine rings is 1. The van der Waals surface area contributed by atoms with Crippen LogP contribution in [0, 0.1) is 0 Å². The molecule has 0 aliphatic heterocycles. The first-order valence-electron chi connectivity index (χ1n) is 9.83. The second-order valence-corrected chi connectivity index (χ2v) is 6.70. The smallest absolute Gasteiger partial charge is 0.493 e. The first-order valence-corrected chi connectivity index (χ1v) is 9.83. The summed E-state index contributed by atoms with van der Waals surface area (Å²) < 4.78 is 58.3. The van der Waals surface area contributed by atoms with Crippen molar-refractivity contribution in [3.8, 4) is 23.0 Å². The highest BCUT2D eigenvalue weighted by atomic mass is 19.4. The van der Waals surface area contributed by atoms with Gasteiger partial charge in [0, 0.05) is 17.8 Å². The molecular formula is C21H19F3N4O6. The first-order chi connectivity index (χ1) is 16.1. The summed E-state index contributed by atoms with van der Waals surface area (Å²) in [5.41, 5.74) is -0.807. The minimum Gasteiger partial charge on any atom is -0.493 e. The fourth-order valence-corrected chi connectivity index (χ4v) is 2.74. The van der Waals surface area contributed by atoms with E-state index in [1.807, 2.05) is 0 Å². The van der Waals surface area contributed by atoms with Crippen LogP contribution >= 0.6 is 0 Å². The van der Waals surface area contributed by atoms with Gasteiger partial charge in [0.1, 0.15) is 0 Å². The molecule has 3 aromatic rings. The average molecular weight is 480 g/mol. The predicted octanol–water partition coefficient (Wildman–Crippen LogP) is 4.19. The maximum absolute atomic E-state index is 12.8. The number of benzene rings is 1. The lowest BCUT2D eigenvalue weighted by molar-refractivity contribution is -0.137. The van der Waals surface area contributed by atoms with Gasteiger partial charge in [-0.25, -0.2) is 9.78 Å². The van der Waals surface area contributed by atoms with E-state index in [0.29, 0.717) is 0 Å². The molecule has 0 radical (unpaired) electrons. The zero-order valence-corrected chi connectivity index (χ0v) is 18.2. The third kappa shape index (κ3) is 5.60. The summed E-state index contributed by atoms with van der Waals surface area (Å²) >= 11 is 0. The Bertz CT molecular complexity index is 1160. The maximum Gasteiger partial charge on any atom is 0.514 e. The van der Waals surface area contributed by atoms with Gasteiger partial charge in [-0.2, -0.15) is 18.2 Å². The topological polar surface area (TPSA) is 126 Å². The van der Waals surface area contributed by atoms with Gasteiger partial charge in [-0.1, -0.05) is 5.16 Å². The van der Waals surface area contributed by atoms with Gasteiger partial charge in [0.2, 0.25) is 5.75 Å². The molecule has 0 bridgehead atoms. The minimum absolute atomic E-state index is 0.0318. The van der Waals surface area contributed by atoms with E-state index < -0.39 is 29.8 Å². The third-order valence-electron chi connectivity index (χ3n) is 4.39.